The number of methoxy groups -OCH3 is 1. The summed E-state index contributed by atoms with van der Waals surface area (Å²) in [5.74, 6) is 0.199. The highest BCUT2D eigenvalue weighted by Crippen LogP contribution is 2.29. The first-order valence-electron chi connectivity index (χ1n) is 6.14. The third-order valence-corrected chi connectivity index (χ3v) is 3.13. The smallest absolute Gasteiger partial charge is 0.387 e. The van der Waals surface area contributed by atoms with Gasteiger partial charge < -0.3 is 19.5 Å². The highest BCUT2D eigenvalue weighted by molar-refractivity contribution is 7.93. The van der Waals surface area contributed by atoms with Crippen LogP contribution in [-0.2, 0) is 16.6 Å². The van der Waals surface area contributed by atoms with Gasteiger partial charge in [-0.3, -0.25) is 0 Å². The number of quaternary nitrogens is 1. The molecule has 0 fully saturated rings. The molecule has 0 aromatic heterocycles. The summed E-state index contributed by atoms with van der Waals surface area (Å²) in [5.41, 5.74) is 0.755. The van der Waals surface area contributed by atoms with Crippen molar-refractivity contribution in [2.45, 2.75) is 13.2 Å². The van der Waals surface area contributed by atoms with Gasteiger partial charge in [0.25, 0.3) is 0 Å². The molecule has 0 radical (unpaired) electrons. The van der Waals surface area contributed by atoms with Crippen LogP contribution in [0.3, 0.4) is 0 Å². The predicted molar refractivity (Wildman–Crippen MR) is 73.2 cm³/mol. The zero-order valence-electron chi connectivity index (χ0n) is 11.8. The molecule has 2 N–H and O–H groups in total. The fraction of sp³-hybridized carbons (Fsp3) is 0.500. The zero-order valence-corrected chi connectivity index (χ0v) is 12.6. The van der Waals surface area contributed by atoms with Crippen LogP contribution in [0.1, 0.15) is 5.56 Å². The third-order valence-electron chi connectivity index (χ3n) is 2.48. The lowest BCUT2D eigenvalue weighted by Gasteiger charge is -2.15. The summed E-state index contributed by atoms with van der Waals surface area (Å²) < 4.78 is 58.9. The van der Waals surface area contributed by atoms with Gasteiger partial charge >= 0.3 is 6.61 Å². The standard InChI is InChI=1S/C12H17F2N2O4S/c1-19-10-4-3-9(7-11(10)20-12(13)14)8-15-5-6-16-21(2,17)18/h3-4,7,12,15H,5-6,8H2,1-2H3/q-1/p+1. The Bertz CT molecular complexity index is 552. The Balaban J connectivity index is 2.52. The fourth-order valence-corrected chi connectivity index (χ4v) is 2.05. The Kier molecular flexibility index (Phi) is 6.79. The Morgan fingerprint density at radius 3 is 2.62 bits per heavy atom. The van der Waals surface area contributed by atoms with Gasteiger partial charge in [-0.2, -0.15) is 8.78 Å². The average Bonchev–Trinajstić information content (AvgIpc) is 2.36. The van der Waals surface area contributed by atoms with E-state index in [9.17, 15) is 17.2 Å². The molecule has 0 saturated heterocycles. The van der Waals surface area contributed by atoms with Crippen LogP contribution in [-0.4, -0.2) is 41.5 Å². The molecule has 0 aliphatic carbocycles. The molecular formula is C12H18F2N2O4S. The van der Waals surface area contributed by atoms with Gasteiger partial charge in [0.05, 0.1) is 23.7 Å². The average molecular weight is 324 g/mol. The van der Waals surface area contributed by atoms with Crippen molar-refractivity contribution in [1.82, 2.24) is 0 Å². The molecular weight excluding hydrogens is 306 g/mol. The highest BCUT2D eigenvalue weighted by atomic mass is 32.2. The fourth-order valence-electron chi connectivity index (χ4n) is 1.61. The summed E-state index contributed by atoms with van der Waals surface area (Å²) in [6.07, 6.45) is 1.03. The largest absolute Gasteiger partial charge is 0.545 e. The van der Waals surface area contributed by atoms with Gasteiger partial charge in [0.2, 0.25) is 0 Å². The Hall–Kier alpha value is -1.45. The molecule has 6 nitrogen and oxygen atoms in total. The van der Waals surface area contributed by atoms with E-state index in [1.807, 2.05) is 5.32 Å². The van der Waals surface area contributed by atoms with Crippen LogP contribution in [0.5, 0.6) is 11.5 Å². The lowest BCUT2D eigenvalue weighted by atomic mass is 10.2. The highest BCUT2D eigenvalue weighted by Gasteiger charge is 2.11. The van der Waals surface area contributed by atoms with E-state index in [-0.39, 0.29) is 18.0 Å². The van der Waals surface area contributed by atoms with Crippen molar-refractivity contribution in [3.63, 3.8) is 0 Å². The molecule has 0 aliphatic heterocycles. The summed E-state index contributed by atoms with van der Waals surface area (Å²) in [6.45, 7) is -1.78. The number of nitrogens with two attached hydrogens (primary N) is 1. The van der Waals surface area contributed by atoms with E-state index in [1.54, 1.807) is 12.1 Å². The van der Waals surface area contributed by atoms with Crippen molar-refractivity contribution in [2.24, 2.45) is 0 Å². The first-order chi connectivity index (χ1) is 9.81. The number of hydrogen-bond acceptors (Lipinski definition) is 4. The second-order valence-corrected chi connectivity index (χ2v) is 5.96. The van der Waals surface area contributed by atoms with Crippen LogP contribution in [0, 0.1) is 0 Å². The predicted octanol–water partition coefficient (Wildman–Crippen LogP) is 0.693. The van der Waals surface area contributed by atoms with Crippen molar-refractivity contribution in [3.8, 4) is 11.5 Å². The lowest BCUT2D eigenvalue weighted by molar-refractivity contribution is -0.667. The normalized spacial score (nSPS) is 11.7. The second kappa shape index (κ2) is 8.11. The maximum atomic E-state index is 12.3. The van der Waals surface area contributed by atoms with E-state index >= 15 is 0 Å². The number of alkyl halides is 2. The topological polar surface area (TPSA) is 83.3 Å². The van der Waals surface area contributed by atoms with E-state index in [2.05, 4.69) is 9.46 Å². The first kappa shape index (κ1) is 17.6. The summed E-state index contributed by atoms with van der Waals surface area (Å²) in [4.78, 5) is 0. The van der Waals surface area contributed by atoms with Crippen LogP contribution >= 0.6 is 0 Å². The van der Waals surface area contributed by atoms with Gasteiger partial charge in [0, 0.05) is 11.8 Å². The minimum Gasteiger partial charge on any atom is -0.545 e. The Morgan fingerprint density at radius 1 is 1.33 bits per heavy atom. The number of halogens is 2. The molecule has 9 heteroatoms. The van der Waals surface area contributed by atoms with E-state index in [0.29, 0.717) is 13.1 Å². The minimum atomic E-state index is -3.31. The molecule has 1 aromatic rings. The molecule has 0 aliphatic rings. The molecule has 0 unspecified atom stereocenters. The monoisotopic (exact) mass is 324 g/mol. The van der Waals surface area contributed by atoms with Crippen LogP contribution in [0.4, 0.5) is 8.78 Å². The number of sulfonamides is 1. The summed E-state index contributed by atoms with van der Waals surface area (Å²) in [6, 6.07) is 4.73. The lowest BCUT2D eigenvalue weighted by Crippen LogP contribution is -2.83. The van der Waals surface area contributed by atoms with Gasteiger partial charge in [-0.05, 0) is 18.2 Å². The van der Waals surface area contributed by atoms with E-state index in [1.165, 1.54) is 13.2 Å². The van der Waals surface area contributed by atoms with Gasteiger partial charge in [-0.15, -0.1) is 0 Å². The number of rotatable bonds is 9. The molecule has 1 rings (SSSR count). The van der Waals surface area contributed by atoms with Crippen molar-refractivity contribution in [3.05, 3.63) is 28.5 Å². The van der Waals surface area contributed by atoms with Crippen LogP contribution in [0.2, 0.25) is 0 Å². The maximum Gasteiger partial charge on any atom is 0.387 e. The Labute approximate surface area is 122 Å². The number of hydrogen-bond donors (Lipinski definition) is 1. The number of ether oxygens (including phenoxy) is 2. The van der Waals surface area contributed by atoms with Crippen LogP contribution < -0.4 is 14.8 Å². The molecule has 21 heavy (non-hydrogen) atoms. The maximum absolute atomic E-state index is 12.3. The minimum absolute atomic E-state index is 0.0285. The SMILES string of the molecule is COc1ccc(C[NH2+]CC[N-]S(C)(=O)=O)cc1OC(F)F. The molecule has 0 heterocycles. The summed E-state index contributed by atoms with van der Waals surface area (Å²) >= 11 is 0. The van der Waals surface area contributed by atoms with Gasteiger partial charge in [-0.1, -0.05) is 6.54 Å². The third kappa shape index (κ3) is 7.21. The molecule has 0 amide bonds. The van der Waals surface area contributed by atoms with Crippen molar-refractivity contribution in [1.29, 1.82) is 0 Å². The summed E-state index contributed by atoms with van der Waals surface area (Å²) in [7, 11) is -1.95. The van der Waals surface area contributed by atoms with Crippen molar-refractivity contribution < 1.29 is 32.0 Å². The number of benzene rings is 1. The van der Waals surface area contributed by atoms with E-state index in [0.717, 1.165) is 11.8 Å². The quantitative estimate of drug-likeness (QED) is 0.678. The molecule has 0 spiro atoms. The number of nitrogens with zero attached hydrogens (tertiary/aromatic N) is 1. The molecule has 0 atom stereocenters. The summed E-state index contributed by atoms with van der Waals surface area (Å²) in [5, 5.41) is 1.82. The van der Waals surface area contributed by atoms with Gasteiger partial charge in [0.15, 0.2) is 11.5 Å². The van der Waals surface area contributed by atoms with Crippen molar-refractivity contribution in [2.75, 3.05) is 26.5 Å². The van der Waals surface area contributed by atoms with Crippen molar-refractivity contribution >= 4 is 10.0 Å². The van der Waals surface area contributed by atoms with Gasteiger partial charge in [-0.25, -0.2) is 8.42 Å². The molecule has 0 bridgehead atoms. The first-order valence-corrected chi connectivity index (χ1v) is 7.99. The molecule has 120 valence electrons. The van der Waals surface area contributed by atoms with Gasteiger partial charge in [0.1, 0.15) is 6.54 Å². The zero-order chi connectivity index (χ0) is 15.9. The molecule has 0 saturated carbocycles. The van der Waals surface area contributed by atoms with Crippen LogP contribution in [0.25, 0.3) is 4.72 Å². The van der Waals surface area contributed by atoms with Crippen LogP contribution in [0.15, 0.2) is 18.2 Å². The van der Waals surface area contributed by atoms with E-state index < -0.39 is 16.6 Å². The Morgan fingerprint density at radius 2 is 2.05 bits per heavy atom. The molecule has 1 aromatic carbocycles. The van der Waals surface area contributed by atoms with E-state index in [4.69, 9.17) is 4.74 Å². The second-order valence-electron chi connectivity index (χ2n) is 4.23.